The van der Waals surface area contributed by atoms with Gasteiger partial charge in [0.15, 0.2) is 0 Å². The van der Waals surface area contributed by atoms with Crippen molar-refractivity contribution < 1.29 is 0 Å². The Morgan fingerprint density at radius 2 is 1.67 bits per heavy atom. The molecule has 72 valence electrons. The van der Waals surface area contributed by atoms with Gasteiger partial charge in [0.05, 0.1) is 0 Å². The molecule has 0 unspecified atom stereocenters. The van der Waals surface area contributed by atoms with E-state index in [1.807, 2.05) is 0 Å². The lowest BCUT2D eigenvalue weighted by Gasteiger charge is -2.41. The van der Waals surface area contributed by atoms with Crippen molar-refractivity contribution >= 4 is 0 Å². The molecule has 0 bridgehead atoms. The monoisotopic (exact) mass is 169 g/mol. The van der Waals surface area contributed by atoms with E-state index in [1.54, 1.807) is 0 Å². The lowest BCUT2D eigenvalue weighted by Crippen LogP contribution is -2.46. The van der Waals surface area contributed by atoms with Crippen LogP contribution in [0.15, 0.2) is 0 Å². The Hall–Kier alpha value is -0.0400. The van der Waals surface area contributed by atoms with Crippen molar-refractivity contribution in [2.24, 2.45) is 0 Å². The average molecular weight is 169 g/mol. The highest BCUT2D eigenvalue weighted by atomic mass is 15.2. The minimum absolute atomic E-state index is 0.454. The Balaban J connectivity index is 2.41. The third-order valence-electron chi connectivity index (χ3n) is 3.07. The molecule has 0 atom stereocenters. The fourth-order valence-electron chi connectivity index (χ4n) is 2.27. The van der Waals surface area contributed by atoms with Crippen molar-refractivity contribution in [2.75, 3.05) is 13.1 Å². The summed E-state index contributed by atoms with van der Waals surface area (Å²) in [6.07, 6.45) is 6.91. The van der Waals surface area contributed by atoms with E-state index in [0.717, 1.165) is 0 Å². The smallest absolute Gasteiger partial charge is 0.0153 e. The number of nitrogens with zero attached hydrogens (tertiary/aromatic N) is 1. The molecule has 1 fully saturated rings. The molecule has 1 nitrogen and oxygen atoms in total. The molecule has 12 heavy (non-hydrogen) atoms. The van der Waals surface area contributed by atoms with Crippen LogP contribution in [0, 0.1) is 0 Å². The molecule has 0 spiro atoms. The lowest BCUT2D eigenvalue weighted by atomic mass is 9.94. The Morgan fingerprint density at radius 1 is 1.08 bits per heavy atom. The van der Waals surface area contributed by atoms with Crippen LogP contribution in [0.2, 0.25) is 0 Å². The first-order chi connectivity index (χ1) is 5.67. The molecule has 0 amide bonds. The standard InChI is InChI=1S/C11H23N/c1-4-8-11(2,3)12-9-6-5-7-10-12/h4-10H2,1-3H3. The largest absolute Gasteiger partial charge is 0.298 e. The molecular formula is C11H23N. The fourth-order valence-corrected chi connectivity index (χ4v) is 2.27. The van der Waals surface area contributed by atoms with E-state index in [9.17, 15) is 0 Å². The summed E-state index contributed by atoms with van der Waals surface area (Å²) in [7, 11) is 0. The molecule has 0 aliphatic carbocycles. The second kappa shape index (κ2) is 4.27. The van der Waals surface area contributed by atoms with Gasteiger partial charge in [-0.15, -0.1) is 0 Å². The van der Waals surface area contributed by atoms with Gasteiger partial charge in [0.25, 0.3) is 0 Å². The summed E-state index contributed by atoms with van der Waals surface area (Å²) in [5, 5.41) is 0. The SMILES string of the molecule is CCCC(C)(C)N1CCCCC1. The van der Waals surface area contributed by atoms with Gasteiger partial charge in [0.1, 0.15) is 0 Å². The quantitative estimate of drug-likeness (QED) is 0.627. The van der Waals surface area contributed by atoms with Gasteiger partial charge in [-0.2, -0.15) is 0 Å². The summed E-state index contributed by atoms with van der Waals surface area (Å²) in [5.74, 6) is 0. The van der Waals surface area contributed by atoms with Crippen molar-refractivity contribution in [1.29, 1.82) is 0 Å². The van der Waals surface area contributed by atoms with E-state index >= 15 is 0 Å². The summed E-state index contributed by atoms with van der Waals surface area (Å²) in [4.78, 5) is 2.67. The van der Waals surface area contributed by atoms with Crippen LogP contribution in [0.1, 0.15) is 52.9 Å². The van der Waals surface area contributed by atoms with E-state index in [-0.39, 0.29) is 0 Å². The van der Waals surface area contributed by atoms with Gasteiger partial charge in [-0.05, 0) is 46.2 Å². The van der Waals surface area contributed by atoms with Crippen molar-refractivity contribution in [3.63, 3.8) is 0 Å². The van der Waals surface area contributed by atoms with Gasteiger partial charge in [-0.3, -0.25) is 4.90 Å². The van der Waals surface area contributed by atoms with E-state index in [4.69, 9.17) is 0 Å². The third-order valence-corrected chi connectivity index (χ3v) is 3.07. The van der Waals surface area contributed by atoms with Crippen LogP contribution in [-0.4, -0.2) is 23.5 Å². The molecule has 0 saturated carbocycles. The topological polar surface area (TPSA) is 3.24 Å². The summed E-state index contributed by atoms with van der Waals surface area (Å²) in [6.45, 7) is 9.72. The van der Waals surface area contributed by atoms with Crippen LogP contribution in [0.3, 0.4) is 0 Å². The van der Waals surface area contributed by atoms with Crippen molar-refractivity contribution in [1.82, 2.24) is 4.90 Å². The molecule has 0 aromatic carbocycles. The summed E-state index contributed by atoms with van der Waals surface area (Å²) in [6, 6.07) is 0. The van der Waals surface area contributed by atoms with Crippen LogP contribution < -0.4 is 0 Å². The normalized spacial score (nSPS) is 21.2. The highest BCUT2D eigenvalue weighted by molar-refractivity contribution is 4.82. The lowest BCUT2D eigenvalue weighted by molar-refractivity contribution is 0.0874. The molecule has 0 aromatic heterocycles. The Kier molecular flexibility index (Phi) is 3.57. The minimum Gasteiger partial charge on any atom is -0.298 e. The predicted octanol–water partition coefficient (Wildman–Crippen LogP) is 3.05. The number of piperidine rings is 1. The number of likely N-dealkylation sites (tertiary alicyclic amines) is 1. The van der Waals surface area contributed by atoms with Gasteiger partial charge in [0, 0.05) is 5.54 Å². The summed E-state index contributed by atoms with van der Waals surface area (Å²) >= 11 is 0. The zero-order valence-corrected chi connectivity index (χ0v) is 8.90. The molecule has 1 heteroatoms. The van der Waals surface area contributed by atoms with Gasteiger partial charge in [0.2, 0.25) is 0 Å². The fraction of sp³-hybridized carbons (Fsp3) is 1.00. The van der Waals surface area contributed by atoms with Crippen molar-refractivity contribution in [2.45, 2.75) is 58.4 Å². The predicted molar refractivity (Wildman–Crippen MR) is 54.4 cm³/mol. The van der Waals surface area contributed by atoms with Crippen LogP contribution in [0.5, 0.6) is 0 Å². The first-order valence-electron chi connectivity index (χ1n) is 5.42. The number of rotatable bonds is 3. The van der Waals surface area contributed by atoms with Crippen LogP contribution in [-0.2, 0) is 0 Å². The highest BCUT2D eigenvalue weighted by Gasteiger charge is 2.26. The van der Waals surface area contributed by atoms with Crippen LogP contribution >= 0.6 is 0 Å². The van der Waals surface area contributed by atoms with Crippen LogP contribution in [0.4, 0.5) is 0 Å². The first kappa shape index (κ1) is 10.0. The van der Waals surface area contributed by atoms with Gasteiger partial charge < -0.3 is 0 Å². The maximum atomic E-state index is 2.67. The molecule has 1 aliphatic heterocycles. The molecule has 0 N–H and O–H groups in total. The maximum Gasteiger partial charge on any atom is 0.0153 e. The van der Waals surface area contributed by atoms with E-state index < -0.39 is 0 Å². The molecule has 0 radical (unpaired) electrons. The molecule has 1 heterocycles. The van der Waals surface area contributed by atoms with Gasteiger partial charge in [-0.1, -0.05) is 19.8 Å². The molecule has 1 saturated heterocycles. The molecular weight excluding hydrogens is 146 g/mol. The number of hydrogen-bond acceptors (Lipinski definition) is 1. The van der Waals surface area contributed by atoms with Gasteiger partial charge >= 0.3 is 0 Å². The molecule has 0 aromatic rings. The highest BCUT2D eigenvalue weighted by Crippen LogP contribution is 2.24. The second-order valence-corrected chi connectivity index (χ2v) is 4.61. The van der Waals surface area contributed by atoms with E-state index in [1.165, 1.54) is 45.2 Å². The molecule has 1 aliphatic rings. The first-order valence-corrected chi connectivity index (χ1v) is 5.42. The van der Waals surface area contributed by atoms with Crippen molar-refractivity contribution in [3.8, 4) is 0 Å². The van der Waals surface area contributed by atoms with E-state index in [2.05, 4.69) is 25.7 Å². The zero-order valence-electron chi connectivity index (χ0n) is 8.90. The Labute approximate surface area is 77.1 Å². The Morgan fingerprint density at radius 3 is 2.17 bits per heavy atom. The maximum absolute atomic E-state index is 2.67. The Bertz CT molecular complexity index is 123. The zero-order chi connectivity index (χ0) is 9.03. The average Bonchev–Trinajstić information content (AvgIpc) is 2.06. The van der Waals surface area contributed by atoms with Crippen molar-refractivity contribution in [3.05, 3.63) is 0 Å². The third kappa shape index (κ3) is 2.48. The summed E-state index contributed by atoms with van der Waals surface area (Å²) < 4.78 is 0. The van der Waals surface area contributed by atoms with E-state index in [0.29, 0.717) is 5.54 Å². The summed E-state index contributed by atoms with van der Waals surface area (Å²) in [5.41, 5.74) is 0.454. The molecule has 1 rings (SSSR count). The minimum atomic E-state index is 0.454. The van der Waals surface area contributed by atoms with Crippen LogP contribution in [0.25, 0.3) is 0 Å². The second-order valence-electron chi connectivity index (χ2n) is 4.61. The van der Waals surface area contributed by atoms with Gasteiger partial charge in [-0.25, -0.2) is 0 Å². The number of hydrogen-bond donors (Lipinski definition) is 0.